The highest BCUT2D eigenvalue weighted by molar-refractivity contribution is 7.22. The molecule has 0 saturated carbocycles. The summed E-state index contributed by atoms with van der Waals surface area (Å²) in [6, 6.07) is 12.5. The molecule has 6 nitrogen and oxygen atoms in total. The lowest BCUT2D eigenvalue weighted by Gasteiger charge is -2.07. The van der Waals surface area contributed by atoms with E-state index in [-0.39, 0.29) is 11.8 Å². The minimum Gasteiger partial charge on any atom is -0.494 e. The van der Waals surface area contributed by atoms with Gasteiger partial charge in [-0.05, 0) is 49.4 Å². The van der Waals surface area contributed by atoms with Crippen LogP contribution in [0.1, 0.15) is 30.6 Å². The summed E-state index contributed by atoms with van der Waals surface area (Å²) < 4.78 is 6.27. The average molecular weight is 369 g/mol. The van der Waals surface area contributed by atoms with Crippen molar-refractivity contribution >= 4 is 44.2 Å². The maximum atomic E-state index is 12.4. The van der Waals surface area contributed by atoms with E-state index in [0.717, 1.165) is 16.0 Å². The molecule has 1 aromatic heterocycles. The van der Waals surface area contributed by atoms with E-state index >= 15 is 0 Å². The quantitative estimate of drug-likeness (QED) is 0.679. The fraction of sp³-hybridized carbons (Fsp3) is 0.211. The van der Waals surface area contributed by atoms with Crippen molar-refractivity contribution in [3.05, 3.63) is 48.0 Å². The van der Waals surface area contributed by atoms with Crippen LogP contribution in [0.5, 0.6) is 5.75 Å². The summed E-state index contributed by atoms with van der Waals surface area (Å²) in [5.41, 5.74) is 2.00. The Morgan fingerprint density at radius 3 is 2.54 bits per heavy atom. The number of fused-ring (bicyclic) bond motifs is 1. The van der Waals surface area contributed by atoms with Crippen molar-refractivity contribution in [2.45, 2.75) is 20.3 Å². The lowest BCUT2D eigenvalue weighted by atomic mass is 10.2. The SMILES string of the molecule is CCOc1ccc(C(=O)Nc2ccc3nc(NC(=O)CC)sc3c2)cc1. The topological polar surface area (TPSA) is 80.3 Å². The summed E-state index contributed by atoms with van der Waals surface area (Å²) in [4.78, 5) is 28.2. The van der Waals surface area contributed by atoms with Crippen molar-refractivity contribution in [2.75, 3.05) is 17.2 Å². The summed E-state index contributed by atoms with van der Waals surface area (Å²) in [5, 5.41) is 6.18. The van der Waals surface area contributed by atoms with Gasteiger partial charge in [0.05, 0.1) is 16.8 Å². The molecule has 1 heterocycles. The van der Waals surface area contributed by atoms with Gasteiger partial charge in [0.1, 0.15) is 5.75 Å². The number of benzene rings is 2. The van der Waals surface area contributed by atoms with Crippen LogP contribution in [0, 0.1) is 0 Å². The second-order valence-corrected chi connectivity index (χ2v) is 6.55. The van der Waals surface area contributed by atoms with Gasteiger partial charge in [0.2, 0.25) is 5.91 Å². The molecule has 2 amide bonds. The molecule has 134 valence electrons. The molecule has 7 heteroatoms. The molecule has 2 aromatic carbocycles. The van der Waals surface area contributed by atoms with Gasteiger partial charge in [-0.1, -0.05) is 18.3 Å². The van der Waals surface area contributed by atoms with E-state index < -0.39 is 0 Å². The van der Waals surface area contributed by atoms with Gasteiger partial charge in [0.25, 0.3) is 5.91 Å². The Morgan fingerprint density at radius 2 is 1.85 bits per heavy atom. The Kier molecular flexibility index (Phi) is 5.48. The average Bonchev–Trinajstić information content (AvgIpc) is 3.03. The molecule has 0 bridgehead atoms. The first-order chi connectivity index (χ1) is 12.6. The minimum absolute atomic E-state index is 0.0759. The molecular formula is C19H19N3O3S. The van der Waals surface area contributed by atoms with E-state index in [1.807, 2.05) is 19.1 Å². The van der Waals surface area contributed by atoms with Gasteiger partial charge in [-0.3, -0.25) is 9.59 Å². The number of aromatic nitrogens is 1. The van der Waals surface area contributed by atoms with Gasteiger partial charge in [-0.2, -0.15) is 0 Å². The van der Waals surface area contributed by atoms with Crippen LogP contribution in [0.4, 0.5) is 10.8 Å². The monoisotopic (exact) mass is 369 g/mol. The molecule has 0 fully saturated rings. The second kappa shape index (κ2) is 7.97. The van der Waals surface area contributed by atoms with Crippen molar-refractivity contribution in [3.8, 4) is 5.75 Å². The van der Waals surface area contributed by atoms with Crippen LogP contribution in [0.2, 0.25) is 0 Å². The third-order valence-electron chi connectivity index (χ3n) is 3.64. The Labute approximate surface area is 155 Å². The second-order valence-electron chi connectivity index (χ2n) is 5.51. The van der Waals surface area contributed by atoms with Gasteiger partial charge >= 0.3 is 0 Å². The van der Waals surface area contributed by atoms with Crippen LogP contribution in [-0.4, -0.2) is 23.4 Å². The zero-order valence-corrected chi connectivity index (χ0v) is 15.4. The number of hydrogen-bond acceptors (Lipinski definition) is 5. The van der Waals surface area contributed by atoms with Gasteiger partial charge in [-0.15, -0.1) is 0 Å². The fourth-order valence-electron chi connectivity index (χ4n) is 2.34. The molecule has 26 heavy (non-hydrogen) atoms. The van der Waals surface area contributed by atoms with Crippen LogP contribution in [0.25, 0.3) is 10.2 Å². The molecule has 0 unspecified atom stereocenters. The number of amides is 2. The molecule has 0 spiro atoms. The molecule has 3 rings (SSSR count). The first-order valence-corrected chi connectivity index (χ1v) is 9.15. The molecule has 0 atom stereocenters. The smallest absolute Gasteiger partial charge is 0.255 e. The highest BCUT2D eigenvalue weighted by Crippen LogP contribution is 2.28. The number of carbonyl (C=O) groups is 2. The van der Waals surface area contributed by atoms with E-state index in [9.17, 15) is 9.59 Å². The van der Waals surface area contributed by atoms with Crippen molar-refractivity contribution in [1.29, 1.82) is 0 Å². The number of nitrogens with one attached hydrogen (secondary N) is 2. The molecule has 0 aliphatic rings. The predicted molar refractivity (Wildman–Crippen MR) is 104 cm³/mol. The minimum atomic E-state index is -0.198. The van der Waals surface area contributed by atoms with Crippen molar-refractivity contribution in [2.24, 2.45) is 0 Å². The van der Waals surface area contributed by atoms with Crippen molar-refractivity contribution in [1.82, 2.24) is 4.98 Å². The zero-order valence-electron chi connectivity index (χ0n) is 14.5. The number of rotatable bonds is 6. The van der Waals surface area contributed by atoms with Crippen molar-refractivity contribution < 1.29 is 14.3 Å². The lowest BCUT2D eigenvalue weighted by molar-refractivity contribution is -0.115. The zero-order chi connectivity index (χ0) is 18.5. The predicted octanol–water partition coefficient (Wildman–Crippen LogP) is 4.30. The maximum absolute atomic E-state index is 12.4. The standard InChI is InChI=1S/C19H19N3O3S/c1-3-17(23)22-19-21-15-10-7-13(11-16(15)26-19)20-18(24)12-5-8-14(9-6-12)25-4-2/h5-11H,3-4H2,1-2H3,(H,20,24)(H,21,22,23). The van der Waals surface area contributed by atoms with E-state index in [1.54, 1.807) is 37.3 Å². The maximum Gasteiger partial charge on any atom is 0.255 e. The van der Waals surface area contributed by atoms with Crippen LogP contribution < -0.4 is 15.4 Å². The number of carbonyl (C=O) groups excluding carboxylic acids is 2. The first-order valence-electron chi connectivity index (χ1n) is 8.33. The highest BCUT2D eigenvalue weighted by atomic mass is 32.1. The number of ether oxygens (including phenoxy) is 1. The van der Waals surface area contributed by atoms with Crippen LogP contribution >= 0.6 is 11.3 Å². The van der Waals surface area contributed by atoms with Gasteiger partial charge in [0.15, 0.2) is 5.13 Å². The molecule has 2 N–H and O–H groups in total. The van der Waals surface area contributed by atoms with E-state index in [2.05, 4.69) is 15.6 Å². The number of hydrogen-bond donors (Lipinski definition) is 2. The van der Waals surface area contributed by atoms with E-state index in [1.165, 1.54) is 11.3 Å². The van der Waals surface area contributed by atoms with Crippen LogP contribution in [-0.2, 0) is 4.79 Å². The summed E-state index contributed by atoms with van der Waals surface area (Å²) in [7, 11) is 0. The van der Waals surface area contributed by atoms with E-state index in [0.29, 0.717) is 29.4 Å². The normalized spacial score (nSPS) is 10.5. The Hall–Kier alpha value is -2.93. The third kappa shape index (κ3) is 4.18. The Balaban J connectivity index is 1.73. The molecule has 0 saturated heterocycles. The van der Waals surface area contributed by atoms with Crippen molar-refractivity contribution in [3.63, 3.8) is 0 Å². The number of thiazole rings is 1. The van der Waals surface area contributed by atoms with Gasteiger partial charge in [-0.25, -0.2) is 4.98 Å². The molecular weight excluding hydrogens is 350 g/mol. The van der Waals surface area contributed by atoms with E-state index in [4.69, 9.17) is 4.74 Å². The Morgan fingerprint density at radius 1 is 1.08 bits per heavy atom. The van der Waals surface area contributed by atoms with Gasteiger partial charge < -0.3 is 15.4 Å². The molecule has 3 aromatic rings. The summed E-state index contributed by atoms with van der Waals surface area (Å²) >= 11 is 1.37. The number of anilines is 2. The largest absolute Gasteiger partial charge is 0.494 e. The van der Waals surface area contributed by atoms with Gasteiger partial charge in [0, 0.05) is 17.7 Å². The number of nitrogens with zero attached hydrogens (tertiary/aromatic N) is 1. The molecule has 0 aliphatic carbocycles. The van der Waals surface area contributed by atoms with Crippen LogP contribution in [0.15, 0.2) is 42.5 Å². The summed E-state index contributed by atoms with van der Waals surface area (Å²) in [6.45, 7) is 4.29. The third-order valence-corrected chi connectivity index (χ3v) is 4.57. The van der Waals surface area contributed by atoms with Crippen LogP contribution in [0.3, 0.4) is 0 Å². The summed E-state index contributed by atoms with van der Waals surface area (Å²) in [5.74, 6) is 0.460. The fourth-order valence-corrected chi connectivity index (χ4v) is 3.26. The Bertz CT molecular complexity index is 935. The molecule has 0 aliphatic heterocycles. The summed E-state index contributed by atoms with van der Waals surface area (Å²) in [6.07, 6.45) is 0.402. The lowest BCUT2D eigenvalue weighted by Crippen LogP contribution is -2.11. The first kappa shape index (κ1) is 17.9. The molecule has 0 radical (unpaired) electrons. The highest BCUT2D eigenvalue weighted by Gasteiger charge is 2.10.